The van der Waals surface area contributed by atoms with E-state index < -0.39 is 70.6 Å². The summed E-state index contributed by atoms with van der Waals surface area (Å²) < 4.78 is 60.1. The molecule has 1 aliphatic carbocycles. The number of nitrogens with zero attached hydrogens (tertiary/aromatic N) is 3. The Labute approximate surface area is 359 Å². The highest BCUT2D eigenvalue weighted by Gasteiger charge is 2.78. The van der Waals surface area contributed by atoms with Crippen LogP contribution >= 0.6 is 0 Å². The molecule has 6 heterocycles. The van der Waals surface area contributed by atoms with E-state index in [0.29, 0.717) is 55.8 Å². The highest BCUT2D eigenvalue weighted by Crippen LogP contribution is 2.68. The van der Waals surface area contributed by atoms with Crippen LogP contribution in [0.15, 0.2) is 60.2 Å². The third-order valence-corrected chi connectivity index (χ3v) is 15.4. The van der Waals surface area contributed by atoms with Gasteiger partial charge in [-0.05, 0) is 67.8 Å². The number of carbonyl (C=O) groups excluding carboxylic acids is 3. The van der Waals surface area contributed by atoms with E-state index in [1.807, 2.05) is 59.6 Å². The van der Waals surface area contributed by atoms with Crippen LogP contribution in [0.1, 0.15) is 68.8 Å². The molecule has 3 aromatic rings. The smallest absolute Gasteiger partial charge is 0.471 e. The standard InChI is InChI=1S/C47H56F3N5O7/c1-7-28-20-29-23-45(42(58)61-6,37-31(14-18-54(24-28)25-29)30-12-9-10-13-34(30)52-37)33-21-32-35(22-36(33)60-5)53(4)39-44(32)16-19-55-17-11-15-43(8-2,38(44)55)40(62-27(3)56)46(39,59)26-51-41(57)47(48,49)50/h9-13,15,20-22,29,38-40,52,59H,7-8,14,16-19,23-26H2,1-6H3,(H,51,57)/t29-,38-,39+,40+,43+,44+,45-,46-/m0/s1. The Balaban J connectivity index is 1.34. The number of benzene rings is 2. The van der Waals surface area contributed by atoms with Gasteiger partial charge in [0.1, 0.15) is 22.9 Å². The fourth-order valence-corrected chi connectivity index (χ4v) is 13.3. The van der Waals surface area contributed by atoms with Crippen LogP contribution in [0.5, 0.6) is 5.75 Å². The number of hydrogen-bond donors (Lipinski definition) is 3. The molecule has 62 heavy (non-hydrogen) atoms. The lowest BCUT2D eigenvalue weighted by molar-refractivity contribution is -0.219. The zero-order valence-corrected chi connectivity index (χ0v) is 36.2. The largest absolute Gasteiger partial charge is 0.496 e. The molecule has 1 spiro atoms. The number of amides is 1. The minimum atomic E-state index is -5.23. The van der Waals surface area contributed by atoms with E-state index in [9.17, 15) is 27.9 Å². The number of esters is 2. The lowest BCUT2D eigenvalue weighted by Gasteiger charge is -2.64. The second-order valence-electron chi connectivity index (χ2n) is 18.3. The van der Waals surface area contributed by atoms with E-state index >= 15 is 4.79 Å². The van der Waals surface area contributed by atoms with Gasteiger partial charge >= 0.3 is 24.0 Å². The zero-order valence-electron chi connectivity index (χ0n) is 36.2. The molecular weight excluding hydrogens is 804 g/mol. The fraction of sp³-hybridized carbons (Fsp3) is 0.553. The number of aromatic nitrogens is 1. The number of ether oxygens (including phenoxy) is 3. The number of fused-ring (bicyclic) bond motifs is 6. The lowest BCUT2D eigenvalue weighted by atomic mass is 9.47. The quantitative estimate of drug-likeness (QED) is 0.202. The Hall–Kier alpha value is -4.86. The minimum Gasteiger partial charge on any atom is -0.496 e. The predicted molar refractivity (Wildman–Crippen MR) is 226 cm³/mol. The van der Waals surface area contributed by atoms with Crippen molar-refractivity contribution in [3.05, 3.63) is 82.6 Å². The number of carbonyl (C=O) groups is 3. The van der Waals surface area contributed by atoms with Crippen LogP contribution in [0.3, 0.4) is 0 Å². The van der Waals surface area contributed by atoms with E-state index in [0.717, 1.165) is 53.8 Å². The maximum absolute atomic E-state index is 15.3. The van der Waals surface area contributed by atoms with Crippen molar-refractivity contribution in [1.82, 2.24) is 20.1 Å². The molecule has 1 saturated carbocycles. The predicted octanol–water partition coefficient (Wildman–Crippen LogP) is 5.30. The molecule has 6 aliphatic rings. The molecule has 9 atom stereocenters. The Bertz CT molecular complexity index is 2400. The van der Waals surface area contributed by atoms with Crippen molar-refractivity contribution in [3.8, 4) is 5.75 Å². The number of aliphatic hydroxyl groups is 1. The van der Waals surface area contributed by atoms with Crippen LogP contribution in [0.25, 0.3) is 10.9 Å². The molecule has 9 rings (SSSR count). The van der Waals surface area contributed by atoms with E-state index in [1.165, 1.54) is 19.6 Å². The topological polar surface area (TPSA) is 137 Å². The third kappa shape index (κ3) is 5.86. The van der Waals surface area contributed by atoms with Gasteiger partial charge in [-0.25, -0.2) is 0 Å². The normalized spacial score (nSPS) is 33.5. The second kappa shape index (κ2) is 14.9. The Morgan fingerprint density at radius 2 is 1.84 bits per heavy atom. The molecule has 2 bridgehead atoms. The highest BCUT2D eigenvalue weighted by molar-refractivity contribution is 5.94. The van der Waals surface area contributed by atoms with Gasteiger partial charge in [-0.2, -0.15) is 13.2 Å². The summed E-state index contributed by atoms with van der Waals surface area (Å²) in [5.41, 5.74) is 0.127. The summed E-state index contributed by atoms with van der Waals surface area (Å²) in [7, 11) is 4.74. The summed E-state index contributed by atoms with van der Waals surface area (Å²) in [4.78, 5) is 51.3. The molecule has 2 fully saturated rings. The molecule has 1 unspecified atom stereocenters. The van der Waals surface area contributed by atoms with Crippen LogP contribution in [-0.2, 0) is 41.1 Å². The molecule has 12 nitrogen and oxygen atoms in total. The number of nitrogens with one attached hydrogen (secondary N) is 2. The van der Waals surface area contributed by atoms with Gasteiger partial charge in [-0.3, -0.25) is 24.2 Å². The first-order valence-electron chi connectivity index (χ1n) is 21.8. The monoisotopic (exact) mass is 859 g/mol. The molecule has 332 valence electrons. The molecule has 1 aromatic heterocycles. The van der Waals surface area contributed by atoms with Crippen LogP contribution in [0.4, 0.5) is 18.9 Å². The summed E-state index contributed by atoms with van der Waals surface area (Å²) >= 11 is 0. The van der Waals surface area contributed by atoms with Crippen molar-refractivity contribution >= 4 is 34.4 Å². The van der Waals surface area contributed by atoms with Gasteiger partial charge in [-0.15, -0.1) is 0 Å². The molecule has 1 amide bonds. The molecule has 3 N–H and O–H groups in total. The number of anilines is 1. The van der Waals surface area contributed by atoms with Gasteiger partial charge < -0.3 is 34.5 Å². The van der Waals surface area contributed by atoms with E-state index in [2.05, 4.69) is 33.8 Å². The van der Waals surface area contributed by atoms with Crippen molar-refractivity contribution in [3.63, 3.8) is 0 Å². The number of H-pyrrole nitrogens is 1. The highest BCUT2D eigenvalue weighted by atomic mass is 19.4. The Morgan fingerprint density at radius 3 is 2.53 bits per heavy atom. The van der Waals surface area contributed by atoms with Crippen LogP contribution in [0, 0.1) is 11.3 Å². The molecule has 0 radical (unpaired) electrons. The van der Waals surface area contributed by atoms with Crippen molar-refractivity contribution in [2.45, 2.75) is 93.7 Å². The Morgan fingerprint density at radius 1 is 1.06 bits per heavy atom. The first-order chi connectivity index (χ1) is 29.5. The third-order valence-electron chi connectivity index (χ3n) is 15.4. The number of rotatable bonds is 8. The van der Waals surface area contributed by atoms with Gasteiger partial charge in [0.05, 0.1) is 26.8 Å². The number of para-hydroxylation sites is 1. The average Bonchev–Trinajstić information content (AvgIpc) is 3.92. The van der Waals surface area contributed by atoms with Crippen molar-refractivity contribution in [2.75, 3.05) is 65.4 Å². The fourth-order valence-electron chi connectivity index (χ4n) is 13.3. The van der Waals surface area contributed by atoms with E-state index in [4.69, 9.17) is 14.2 Å². The average molecular weight is 860 g/mol. The minimum absolute atomic E-state index is 0.0543. The van der Waals surface area contributed by atoms with Crippen LogP contribution in [-0.4, -0.2) is 128 Å². The SMILES string of the molecule is CCC1=C[C@@H]2CN(CCc3c([nH]c4ccccc34)[C@@](C(=O)OC)(c3cc4c(cc3OC)N(C)[C@H]3[C@@](O)(CNC(=O)C(F)(F)F)[C@H](OC(C)=O)[C@]5(CC)C=CCN6CC[C@]43[C@@H]65)C2)C1. The van der Waals surface area contributed by atoms with E-state index in [1.54, 1.807) is 14.2 Å². The second-order valence-corrected chi connectivity index (χ2v) is 18.3. The summed E-state index contributed by atoms with van der Waals surface area (Å²) in [6.07, 6.45) is 2.37. The van der Waals surface area contributed by atoms with Crippen molar-refractivity contribution in [1.29, 1.82) is 0 Å². The number of likely N-dealkylation sites (N-methyl/N-ethyl adjacent to an activating group) is 1. The number of methoxy groups -OCH3 is 2. The number of alkyl halides is 3. The number of aromatic amines is 1. The molecular formula is C47H56F3N5O7. The molecule has 5 aliphatic heterocycles. The summed E-state index contributed by atoms with van der Waals surface area (Å²) in [5, 5.41) is 16.5. The Kier molecular flexibility index (Phi) is 10.2. The lowest BCUT2D eigenvalue weighted by Crippen LogP contribution is -2.81. The number of halogens is 3. The van der Waals surface area contributed by atoms with Gasteiger partial charge in [0.2, 0.25) is 0 Å². The van der Waals surface area contributed by atoms with Gasteiger partial charge in [0, 0.05) is 90.9 Å². The maximum atomic E-state index is 15.3. The summed E-state index contributed by atoms with van der Waals surface area (Å²) in [6, 6.07) is 10.6. The summed E-state index contributed by atoms with van der Waals surface area (Å²) in [6.45, 7) is 7.95. The molecule has 1 saturated heterocycles. The van der Waals surface area contributed by atoms with Crippen molar-refractivity contribution < 1.29 is 46.9 Å². The molecule has 2 aromatic carbocycles. The van der Waals surface area contributed by atoms with Gasteiger partial charge in [0.25, 0.3) is 0 Å². The van der Waals surface area contributed by atoms with Crippen molar-refractivity contribution in [2.24, 2.45) is 11.3 Å². The first kappa shape index (κ1) is 42.4. The zero-order chi connectivity index (χ0) is 44.1. The summed E-state index contributed by atoms with van der Waals surface area (Å²) in [5.74, 6) is -3.04. The first-order valence-corrected chi connectivity index (χ1v) is 21.8. The maximum Gasteiger partial charge on any atom is 0.471 e. The van der Waals surface area contributed by atoms with Crippen LogP contribution < -0.4 is 15.0 Å². The molecule has 15 heteroatoms. The van der Waals surface area contributed by atoms with Crippen LogP contribution in [0.2, 0.25) is 0 Å². The number of hydrogen-bond acceptors (Lipinski definition) is 10. The van der Waals surface area contributed by atoms with Gasteiger partial charge in [0.15, 0.2) is 0 Å². The van der Waals surface area contributed by atoms with E-state index in [-0.39, 0.29) is 5.92 Å². The van der Waals surface area contributed by atoms with Gasteiger partial charge in [-0.1, -0.05) is 55.8 Å².